The average Bonchev–Trinajstić information content (AvgIpc) is 2.32. The summed E-state index contributed by atoms with van der Waals surface area (Å²) in [6, 6.07) is 5.56. The molecule has 0 unspecified atom stereocenters. The average molecular weight is 220 g/mol. The molecule has 0 aliphatic carbocycles. The number of ether oxygens (including phenoxy) is 1. The van der Waals surface area contributed by atoms with Crippen LogP contribution in [0.15, 0.2) is 23.2 Å². The van der Waals surface area contributed by atoms with E-state index in [1.165, 1.54) is 6.08 Å². The van der Waals surface area contributed by atoms with Crippen molar-refractivity contribution >= 4 is 17.5 Å². The van der Waals surface area contributed by atoms with Crippen LogP contribution in [0.4, 0.5) is 11.4 Å². The summed E-state index contributed by atoms with van der Waals surface area (Å²) in [6.45, 7) is 6.03. The van der Waals surface area contributed by atoms with E-state index in [0.717, 1.165) is 18.8 Å². The molecule has 0 saturated heterocycles. The molecule has 0 aliphatic rings. The minimum absolute atomic E-state index is 0.508. The second-order valence-corrected chi connectivity index (χ2v) is 3.23. The van der Waals surface area contributed by atoms with E-state index in [1.807, 2.05) is 12.1 Å². The minimum atomic E-state index is 0.508. The van der Waals surface area contributed by atoms with Crippen LogP contribution >= 0.6 is 0 Å². The lowest BCUT2D eigenvalue weighted by Gasteiger charge is -2.21. The van der Waals surface area contributed by atoms with Crippen LogP contribution in [0.25, 0.3) is 0 Å². The maximum atomic E-state index is 10.2. The van der Waals surface area contributed by atoms with Crippen molar-refractivity contribution in [3.05, 3.63) is 18.2 Å². The summed E-state index contributed by atoms with van der Waals surface area (Å²) in [7, 11) is 1.56. The Morgan fingerprint density at radius 1 is 1.38 bits per heavy atom. The molecule has 4 nitrogen and oxygen atoms in total. The van der Waals surface area contributed by atoms with Crippen LogP contribution in [0.3, 0.4) is 0 Å². The number of hydrogen-bond donors (Lipinski definition) is 0. The van der Waals surface area contributed by atoms with Gasteiger partial charge >= 0.3 is 0 Å². The van der Waals surface area contributed by atoms with E-state index in [0.29, 0.717) is 11.4 Å². The highest BCUT2D eigenvalue weighted by molar-refractivity contribution is 5.64. The summed E-state index contributed by atoms with van der Waals surface area (Å²) in [4.78, 5) is 16.0. The van der Waals surface area contributed by atoms with Crippen molar-refractivity contribution in [1.29, 1.82) is 0 Å². The number of carbonyl (C=O) groups excluding carboxylic acids is 1. The lowest BCUT2D eigenvalue weighted by molar-refractivity contribution is 0.416. The number of isocyanates is 1. The van der Waals surface area contributed by atoms with Crippen molar-refractivity contribution in [2.24, 2.45) is 4.99 Å². The molecular formula is C12H16N2O2. The Balaban J connectivity index is 3.12. The summed E-state index contributed by atoms with van der Waals surface area (Å²) in [5, 5.41) is 0. The van der Waals surface area contributed by atoms with Crippen molar-refractivity contribution in [3.8, 4) is 5.75 Å². The predicted octanol–water partition coefficient (Wildman–Crippen LogP) is 2.51. The van der Waals surface area contributed by atoms with Crippen LogP contribution in [0.1, 0.15) is 13.8 Å². The van der Waals surface area contributed by atoms with Gasteiger partial charge in [0.15, 0.2) is 0 Å². The topological polar surface area (TPSA) is 41.9 Å². The number of aliphatic imine (C=N–C) groups is 1. The van der Waals surface area contributed by atoms with Crippen molar-refractivity contribution < 1.29 is 9.53 Å². The van der Waals surface area contributed by atoms with Gasteiger partial charge in [0.25, 0.3) is 0 Å². The molecule has 4 heteroatoms. The van der Waals surface area contributed by atoms with Crippen molar-refractivity contribution in [3.63, 3.8) is 0 Å². The van der Waals surface area contributed by atoms with E-state index < -0.39 is 0 Å². The Hall–Kier alpha value is -1.80. The fraction of sp³-hybridized carbons (Fsp3) is 0.417. The van der Waals surface area contributed by atoms with E-state index in [-0.39, 0.29) is 0 Å². The van der Waals surface area contributed by atoms with Crippen LogP contribution in [0.2, 0.25) is 0 Å². The molecule has 16 heavy (non-hydrogen) atoms. The Labute approximate surface area is 95.6 Å². The summed E-state index contributed by atoms with van der Waals surface area (Å²) in [5.74, 6) is 0.591. The predicted molar refractivity (Wildman–Crippen MR) is 64.3 cm³/mol. The van der Waals surface area contributed by atoms with Crippen LogP contribution < -0.4 is 9.64 Å². The molecule has 1 aromatic rings. The van der Waals surface area contributed by atoms with E-state index >= 15 is 0 Å². The van der Waals surface area contributed by atoms with Crippen molar-refractivity contribution in [2.45, 2.75) is 13.8 Å². The molecule has 1 aromatic carbocycles. The van der Waals surface area contributed by atoms with Crippen LogP contribution in [-0.2, 0) is 4.79 Å². The maximum absolute atomic E-state index is 10.2. The molecule has 86 valence electrons. The molecule has 0 spiro atoms. The van der Waals surface area contributed by atoms with Crippen LogP contribution in [0.5, 0.6) is 5.75 Å². The zero-order chi connectivity index (χ0) is 12.0. The molecular weight excluding hydrogens is 204 g/mol. The van der Waals surface area contributed by atoms with Gasteiger partial charge in [-0.2, -0.15) is 4.99 Å². The van der Waals surface area contributed by atoms with Crippen LogP contribution in [-0.4, -0.2) is 26.3 Å². The molecule has 0 aromatic heterocycles. The smallest absolute Gasteiger partial charge is 0.240 e. The van der Waals surface area contributed by atoms with E-state index in [9.17, 15) is 4.79 Å². The second-order valence-electron chi connectivity index (χ2n) is 3.23. The molecule has 0 fully saturated rings. The highest BCUT2D eigenvalue weighted by Crippen LogP contribution is 2.31. The van der Waals surface area contributed by atoms with Crippen molar-refractivity contribution in [2.75, 3.05) is 25.1 Å². The fourth-order valence-electron chi connectivity index (χ4n) is 1.59. The molecule has 0 atom stereocenters. The molecule has 0 saturated carbocycles. The number of anilines is 1. The second kappa shape index (κ2) is 5.93. The first kappa shape index (κ1) is 12.3. The lowest BCUT2D eigenvalue weighted by atomic mass is 10.2. The number of nitrogens with zero attached hydrogens (tertiary/aromatic N) is 2. The Morgan fingerprint density at radius 2 is 2.06 bits per heavy atom. The van der Waals surface area contributed by atoms with Gasteiger partial charge in [0.1, 0.15) is 11.4 Å². The van der Waals surface area contributed by atoms with E-state index in [4.69, 9.17) is 4.74 Å². The molecule has 0 heterocycles. The first-order valence-electron chi connectivity index (χ1n) is 5.27. The molecule has 0 N–H and O–H groups in total. The Morgan fingerprint density at radius 3 is 2.56 bits per heavy atom. The monoisotopic (exact) mass is 220 g/mol. The Kier molecular flexibility index (Phi) is 4.55. The molecule has 0 aliphatic heterocycles. The zero-order valence-electron chi connectivity index (χ0n) is 9.86. The SMILES string of the molecule is CCN(CC)c1ccc(N=C=O)c(OC)c1. The third-order valence-electron chi connectivity index (χ3n) is 2.46. The molecule has 0 bridgehead atoms. The molecule has 1 rings (SSSR count). The van der Waals surface area contributed by atoms with Gasteiger partial charge in [0.05, 0.1) is 7.11 Å². The number of benzene rings is 1. The zero-order valence-corrected chi connectivity index (χ0v) is 9.86. The van der Waals surface area contributed by atoms with Crippen LogP contribution in [0, 0.1) is 0 Å². The fourth-order valence-corrected chi connectivity index (χ4v) is 1.59. The van der Waals surface area contributed by atoms with E-state index in [1.54, 1.807) is 13.2 Å². The number of methoxy groups -OCH3 is 1. The minimum Gasteiger partial charge on any atom is -0.494 e. The van der Waals surface area contributed by atoms with Gasteiger partial charge in [-0.05, 0) is 26.0 Å². The summed E-state index contributed by atoms with van der Waals surface area (Å²) >= 11 is 0. The molecule has 0 radical (unpaired) electrons. The summed E-state index contributed by atoms with van der Waals surface area (Å²) < 4.78 is 5.18. The van der Waals surface area contributed by atoms with Crippen molar-refractivity contribution in [1.82, 2.24) is 0 Å². The maximum Gasteiger partial charge on any atom is 0.240 e. The number of hydrogen-bond acceptors (Lipinski definition) is 4. The first-order chi connectivity index (χ1) is 7.76. The van der Waals surface area contributed by atoms with Gasteiger partial charge in [-0.3, -0.25) is 0 Å². The van der Waals surface area contributed by atoms with Gasteiger partial charge in [0, 0.05) is 24.8 Å². The van der Waals surface area contributed by atoms with Gasteiger partial charge in [-0.1, -0.05) is 0 Å². The van der Waals surface area contributed by atoms with Gasteiger partial charge < -0.3 is 9.64 Å². The Bertz CT molecular complexity index is 394. The molecule has 0 amide bonds. The normalized spacial score (nSPS) is 9.44. The third kappa shape index (κ3) is 2.61. The largest absolute Gasteiger partial charge is 0.494 e. The van der Waals surface area contributed by atoms with Gasteiger partial charge in [0.2, 0.25) is 6.08 Å². The highest BCUT2D eigenvalue weighted by Gasteiger charge is 2.07. The van der Waals surface area contributed by atoms with Gasteiger partial charge in [-0.15, -0.1) is 0 Å². The number of rotatable bonds is 5. The highest BCUT2D eigenvalue weighted by atomic mass is 16.5. The quantitative estimate of drug-likeness (QED) is 0.565. The first-order valence-corrected chi connectivity index (χ1v) is 5.27. The summed E-state index contributed by atoms with van der Waals surface area (Å²) in [6.07, 6.45) is 1.52. The lowest BCUT2D eigenvalue weighted by Crippen LogP contribution is -2.21. The standard InChI is InChI=1S/C12H16N2O2/c1-4-14(5-2)10-6-7-11(13-9-15)12(8-10)16-3/h6-8H,4-5H2,1-3H3. The van der Waals surface area contributed by atoms with Gasteiger partial charge in [-0.25, -0.2) is 4.79 Å². The third-order valence-corrected chi connectivity index (χ3v) is 2.46. The summed E-state index contributed by atoms with van der Waals surface area (Å²) in [5.41, 5.74) is 1.57. The van der Waals surface area contributed by atoms with E-state index in [2.05, 4.69) is 23.7 Å².